The van der Waals surface area contributed by atoms with Crippen LogP contribution in [-0.4, -0.2) is 16.8 Å². The van der Waals surface area contributed by atoms with Gasteiger partial charge >= 0.3 is 11.8 Å². The summed E-state index contributed by atoms with van der Waals surface area (Å²) in [4.78, 5) is 27.1. The van der Waals surface area contributed by atoms with Crippen molar-refractivity contribution in [3.63, 3.8) is 0 Å². The Balaban J connectivity index is 1.85. The first-order valence-corrected chi connectivity index (χ1v) is 6.26. The van der Waals surface area contributed by atoms with Crippen molar-refractivity contribution in [3.05, 3.63) is 59.4 Å². The van der Waals surface area contributed by atoms with E-state index in [0.717, 1.165) is 5.56 Å². The van der Waals surface area contributed by atoms with Crippen molar-refractivity contribution in [2.24, 2.45) is 0 Å². The van der Waals surface area contributed by atoms with Gasteiger partial charge in [-0.3, -0.25) is 14.6 Å². The maximum Gasteiger partial charge on any atom is 0.313 e. The van der Waals surface area contributed by atoms with Crippen molar-refractivity contribution in [3.8, 4) is 0 Å². The third-order valence-corrected chi connectivity index (χ3v) is 2.74. The number of carbonyl (C=O) groups excluding carboxylic acids is 2. The lowest BCUT2D eigenvalue weighted by molar-refractivity contribution is -0.136. The average Bonchev–Trinajstić information content (AvgIpc) is 2.47. The van der Waals surface area contributed by atoms with E-state index in [-0.39, 0.29) is 6.54 Å². The summed E-state index contributed by atoms with van der Waals surface area (Å²) in [7, 11) is 0. The summed E-state index contributed by atoms with van der Waals surface area (Å²) < 4.78 is 0. The Kier molecular flexibility index (Phi) is 4.68. The van der Waals surface area contributed by atoms with E-state index >= 15 is 0 Å². The van der Waals surface area contributed by atoms with Crippen molar-refractivity contribution < 1.29 is 9.59 Å². The molecule has 2 amide bonds. The molecular formula is C14H12ClN3O2. The van der Waals surface area contributed by atoms with Crippen LogP contribution in [0.25, 0.3) is 0 Å². The fourth-order valence-corrected chi connectivity index (χ4v) is 1.62. The Morgan fingerprint density at radius 2 is 1.85 bits per heavy atom. The molecule has 0 fully saturated rings. The highest BCUT2D eigenvalue weighted by molar-refractivity contribution is 6.39. The Morgan fingerprint density at radius 1 is 1.10 bits per heavy atom. The number of hydrogen-bond donors (Lipinski definition) is 2. The minimum Gasteiger partial charge on any atom is -0.344 e. The summed E-state index contributed by atoms with van der Waals surface area (Å²) in [5.74, 6) is -1.43. The van der Waals surface area contributed by atoms with E-state index in [0.29, 0.717) is 10.7 Å². The van der Waals surface area contributed by atoms with Crippen LogP contribution in [0.4, 0.5) is 5.69 Å². The smallest absolute Gasteiger partial charge is 0.313 e. The highest BCUT2D eigenvalue weighted by atomic mass is 35.5. The summed E-state index contributed by atoms with van der Waals surface area (Å²) >= 11 is 5.76. The number of aromatic nitrogens is 1. The number of anilines is 1. The fraction of sp³-hybridized carbons (Fsp3) is 0.0714. The van der Waals surface area contributed by atoms with Gasteiger partial charge in [0.05, 0.1) is 11.9 Å². The van der Waals surface area contributed by atoms with Gasteiger partial charge in [0, 0.05) is 17.8 Å². The number of nitrogens with one attached hydrogen (secondary N) is 2. The van der Waals surface area contributed by atoms with Gasteiger partial charge in [-0.2, -0.15) is 0 Å². The topological polar surface area (TPSA) is 71.1 Å². The molecule has 0 aliphatic rings. The molecule has 0 aliphatic carbocycles. The van der Waals surface area contributed by atoms with E-state index in [2.05, 4.69) is 15.6 Å². The molecule has 1 aromatic carbocycles. The molecule has 5 nitrogen and oxygen atoms in total. The maximum atomic E-state index is 11.6. The van der Waals surface area contributed by atoms with Gasteiger partial charge < -0.3 is 10.6 Å². The standard InChI is InChI=1S/C14H12ClN3O2/c15-11-5-3-10(4-6-11)8-17-13(19)14(20)18-12-2-1-7-16-9-12/h1-7,9H,8H2,(H,17,19)(H,18,20). The van der Waals surface area contributed by atoms with Crippen LogP contribution in [0, 0.1) is 0 Å². The predicted octanol–water partition coefficient (Wildman–Crippen LogP) is 1.99. The van der Waals surface area contributed by atoms with E-state index in [1.807, 2.05) is 0 Å². The number of amides is 2. The van der Waals surface area contributed by atoms with Crippen molar-refractivity contribution in [1.29, 1.82) is 0 Å². The maximum absolute atomic E-state index is 11.6. The molecule has 0 atom stereocenters. The van der Waals surface area contributed by atoms with Crippen molar-refractivity contribution in [1.82, 2.24) is 10.3 Å². The zero-order valence-corrected chi connectivity index (χ0v) is 11.2. The summed E-state index contributed by atoms with van der Waals surface area (Å²) in [6, 6.07) is 10.3. The van der Waals surface area contributed by atoms with Gasteiger partial charge in [-0.05, 0) is 29.8 Å². The SMILES string of the molecule is O=C(NCc1ccc(Cl)cc1)C(=O)Nc1cccnc1. The molecule has 0 bridgehead atoms. The molecule has 0 saturated heterocycles. The second-order valence-corrected chi connectivity index (χ2v) is 4.44. The molecule has 2 N–H and O–H groups in total. The zero-order chi connectivity index (χ0) is 14.4. The van der Waals surface area contributed by atoms with Crippen LogP contribution in [0.1, 0.15) is 5.56 Å². The van der Waals surface area contributed by atoms with Crippen LogP contribution in [-0.2, 0) is 16.1 Å². The van der Waals surface area contributed by atoms with Gasteiger partial charge in [-0.1, -0.05) is 23.7 Å². The molecule has 0 aliphatic heterocycles. The lowest BCUT2D eigenvalue weighted by Crippen LogP contribution is -2.34. The molecule has 20 heavy (non-hydrogen) atoms. The molecule has 0 saturated carbocycles. The lowest BCUT2D eigenvalue weighted by atomic mass is 10.2. The largest absolute Gasteiger partial charge is 0.344 e. The zero-order valence-electron chi connectivity index (χ0n) is 10.5. The summed E-state index contributed by atoms with van der Waals surface area (Å²) in [5.41, 5.74) is 1.33. The van der Waals surface area contributed by atoms with Gasteiger partial charge in [-0.15, -0.1) is 0 Å². The molecule has 2 aromatic rings. The number of rotatable bonds is 3. The predicted molar refractivity (Wildman–Crippen MR) is 76.2 cm³/mol. The molecule has 6 heteroatoms. The Bertz CT molecular complexity index is 600. The summed E-state index contributed by atoms with van der Waals surface area (Å²) in [6.45, 7) is 0.260. The summed E-state index contributed by atoms with van der Waals surface area (Å²) in [5, 5.41) is 5.60. The minimum absolute atomic E-state index is 0.260. The first kappa shape index (κ1) is 14.0. The van der Waals surface area contributed by atoms with Crippen LogP contribution in [0.2, 0.25) is 5.02 Å². The molecule has 0 radical (unpaired) electrons. The molecule has 0 unspecified atom stereocenters. The fourth-order valence-electron chi connectivity index (χ4n) is 1.49. The third kappa shape index (κ3) is 4.07. The van der Waals surface area contributed by atoms with Crippen LogP contribution in [0.3, 0.4) is 0 Å². The van der Waals surface area contributed by atoms with Crippen molar-refractivity contribution in [2.75, 3.05) is 5.32 Å². The van der Waals surface area contributed by atoms with Gasteiger partial charge in [0.2, 0.25) is 0 Å². The Morgan fingerprint density at radius 3 is 2.50 bits per heavy atom. The van der Waals surface area contributed by atoms with E-state index in [4.69, 9.17) is 11.6 Å². The Hall–Kier alpha value is -2.40. The number of pyridine rings is 1. The molecule has 0 spiro atoms. The van der Waals surface area contributed by atoms with Crippen molar-refractivity contribution in [2.45, 2.75) is 6.54 Å². The van der Waals surface area contributed by atoms with Gasteiger partial charge in [0.25, 0.3) is 0 Å². The number of halogens is 1. The highest BCUT2D eigenvalue weighted by Crippen LogP contribution is 2.09. The number of benzene rings is 1. The highest BCUT2D eigenvalue weighted by Gasteiger charge is 2.13. The van der Waals surface area contributed by atoms with E-state index in [9.17, 15) is 9.59 Å². The van der Waals surface area contributed by atoms with Crippen LogP contribution >= 0.6 is 11.6 Å². The first-order chi connectivity index (χ1) is 9.65. The van der Waals surface area contributed by atoms with Crippen molar-refractivity contribution >= 4 is 29.1 Å². The van der Waals surface area contributed by atoms with Gasteiger partial charge in [0.1, 0.15) is 0 Å². The van der Waals surface area contributed by atoms with Crippen LogP contribution in [0.15, 0.2) is 48.8 Å². The Labute approximate surface area is 121 Å². The minimum atomic E-state index is -0.730. The summed E-state index contributed by atoms with van der Waals surface area (Å²) in [6.07, 6.45) is 3.04. The molecule has 2 rings (SSSR count). The molecule has 1 heterocycles. The van der Waals surface area contributed by atoms with Gasteiger partial charge in [-0.25, -0.2) is 0 Å². The number of hydrogen-bond acceptors (Lipinski definition) is 3. The second-order valence-electron chi connectivity index (χ2n) is 4.00. The quantitative estimate of drug-likeness (QED) is 0.849. The molecule has 102 valence electrons. The van der Waals surface area contributed by atoms with Crippen LogP contribution in [0.5, 0.6) is 0 Å². The normalized spacial score (nSPS) is 9.85. The molecule has 1 aromatic heterocycles. The van der Waals surface area contributed by atoms with Gasteiger partial charge in [0.15, 0.2) is 0 Å². The van der Waals surface area contributed by atoms with E-state index in [1.165, 1.54) is 6.20 Å². The molecular weight excluding hydrogens is 278 g/mol. The van der Waals surface area contributed by atoms with E-state index < -0.39 is 11.8 Å². The monoisotopic (exact) mass is 289 g/mol. The van der Waals surface area contributed by atoms with E-state index in [1.54, 1.807) is 42.6 Å². The number of nitrogens with zero attached hydrogens (tertiary/aromatic N) is 1. The average molecular weight is 290 g/mol. The lowest BCUT2D eigenvalue weighted by Gasteiger charge is -2.06. The second kappa shape index (κ2) is 6.68. The van der Waals surface area contributed by atoms with Crippen LogP contribution < -0.4 is 10.6 Å². The number of carbonyl (C=O) groups is 2. The first-order valence-electron chi connectivity index (χ1n) is 5.89. The third-order valence-electron chi connectivity index (χ3n) is 2.49.